The molecular formula is C2H2FINaO2. The number of carbonyl (C=O) groups is 1. The molecule has 1 radical (unpaired) electrons. The molecule has 0 rings (SSSR count). The topological polar surface area (TPSA) is 37.3 Å². The first-order valence-electron chi connectivity index (χ1n) is 1.15. The van der Waals surface area contributed by atoms with Gasteiger partial charge >= 0.3 is 5.97 Å². The molecule has 5 heteroatoms. The van der Waals surface area contributed by atoms with Gasteiger partial charge in [-0.05, 0) is 22.6 Å². The number of hydrogen-bond donors (Lipinski definition) is 1. The van der Waals surface area contributed by atoms with Crippen LogP contribution in [0.1, 0.15) is 0 Å². The first-order chi connectivity index (χ1) is 2.64. The molecule has 0 aliphatic carbocycles. The quantitative estimate of drug-likeness (QED) is 0.400. The second kappa shape index (κ2) is 5.27. The van der Waals surface area contributed by atoms with Crippen LogP contribution in [-0.2, 0) is 4.79 Å². The van der Waals surface area contributed by atoms with Crippen molar-refractivity contribution in [3.05, 3.63) is 0 Å². The molecule has 0 amide bonds. The van der Waals surface area contributed by atoms with Crippen LogP contribution in [0.5, 0.6) is 0 Å². The van der Waals surface area contributed by atoms with E-state index in [2.05, 4.69) is 0 Å². The van der Waals surface area contributed by atoms with Crippen molar-refractivity contribution in [2.75, 3.05) is 0 Å². The third-order valence-corrected chi connectivity index (χ3v) is 0.719. The van der Waals surface area contributed by atoms with Gasteiger partial charge in [-0.3, -0.25) is 0 Å². The molecule has 0 aromatic carbocycles. The number of aliphatic carboxylic acids is 1. The summed E-state index contributed by atoms with van der Waals surface area (Å²) in [6.07, 6.45) is 0. The zero-order chi connectivity index (χ0) is 5.15. The Balaban J connectivity index is 0. The van der Waals surface area contributed by atoms with E-state index in [1.165, 1.54) is 22.6 Å². The first-order valence-corrected chi connectivity index (χ1v) is 2.40. The van der Waals surface area contributed by atoms with Crippen LogP contribution in [-0.4, -0.2) is 44.8 Å². The molecule has 37 valence electrons. The van der Waals surface area contributed by atoms with Crippen molar-refractivity contribution < 1.29 is 14.3 Å². The number of rotatable bonds is 1. The van der Waals surface area contributed by atoms with Crippen molar-refractivity contribution in [3.63, 3.8) is 0 Å². The third-order valence-electron chi connectivity index (χ3n) is 0.187. The Morgan fingerprint density at radius 1 is 1.86 bits per heavy atom. The Kier molecular flexibility index (Phi) is 8.28. The van der Waals surface area contributed by atoms with E-state index in [0.29, 0.717) is 0 Å². The summed E-state index contributed by atoms with van der Waals surface area (Å²) in [6.45, 7) is 0. The van der Waals surface area contributed by atoms with Crippen LogP contribution >= 0.6 is 22.6 Å². The zero-order valence-corrected chi connectivity index (χ0v) is 7.85. The molecule has 7 heavy (non-hydrogen) atoms. The van der Waals surface area contributed by atoms with Crippen molar-refractivity contribution in [3.8, 4) is 0 Å². The second-order valence-corrected chi connectivity index (χ2v) is 1.73. The van der Waals surface area contributed by atoms with Crippen LogP contribution in [0, 0.1) is 0 Å². The predicted molar refractivity (Wildman–Crippen MR) is 32.3 cm³/mol. The van der Waals surface area contributed by atoms with Crippen LogP contribution in [0.3, 0.4) is 0 Å². The maximum absolute atomic E-state index is 11.2. The standard InChI is InChI=1S/C2H2FIO2.Na/c3-1(4)2(5)6;/h1H,(H,5,6);. The van der Waals surface area contributed by atoms with Crippen LogP contribution in [0.2, 0.25) is 0 Å². The Morgan fingerprint density at radius 2 is 2.00 bits per heavy atom. The number of hydrogen-bond acceptors (Lipinski definition) is 1. The van der Waals surface area contributed by atoms with Gasteiger partial charge in [0.25, 0.3) is 0 Å². The molecule has 0 aliphatic rings. The van der Waals surface area contributed by atoms with E-state index in [1.54, 1.807) is 0 Å². The summed E-state index contributed by atoms with van der Waals surface area (Å²) in [5.74, 6) is -1.42. The number of halogens is 2. The average molecular weight is 227 g/mol. The molecule has 0 fully saturated rings. The number of carboxylic acid groups (broad SMARTS) is 1. The molecule has 0 heterocycles. The molecule has 0 aromatic heterocycles. The molecule has 1 unspecified atom stereocenters. The Labute approximate surface area is 75.9 Å². The average Bonchev–Trinajstić information content (AvgIpc) is 1.36. The van der Waals surface area contributed by atoms with E-state index in [4.69, 9.17) is 5.11 Å². The summed E-state index contributed by atoms with van der Waals surface area (Å²) >= 11 is 1.17. The molecule has 1 N–H and O–H groups in total. The van der Waals surface area contributed by atoms with Crippen LogP contribution in [0.15, 0.2) is 0 Å². The largest absolute Gasteiger partial charge is 0.478 e. The van der Waals surface area contributed by atoms with Crippen molar-refractivity contribution >= 4 is 58.1 Å². The van der Waals surface area contributed by atoms with Gasteiger partial charge in [-0.2, -0.15) is 0 Å². The van der Waals surface area contributed by atoms with Gasteiger partial charge in [0.1, 0.15) is 0 Å². The van der Waals surface area contributed by atoms with Gasteiger partial charge in [0.05, 0.1) is 0 Å². The van der Waals surface area contributed by atoms with E-state index in [0.717, 1.165) is 0 Å². The number of alkyl halides is 2. The van der Waals surface area contributed by atoms with Gasteiger partial charge in [-0.1, -0.05) is 0 Å². The van der Waals surface area contributed by atoms with Gasteiger partial charge in [0.15, 0.2) is 0 Å². The molecule has 1 atom stereocenters. The van der Waals surface area contributed by atoms with E-state index >= 15 is 0 Å². The fourth-order valence-corrected chi connectivity index (χ4v) is 0. The molecule has 0 aliphatic heterocycles. The van der Waals surface area contributed by atoms with E-state index < -0.39 is 10.1 Å². The summed E-state index contributed by atoms with van der Waals surface area (Å²) in [7, 11) is 0. The fourth-order valence-electron chi connectivity index (χ4n) is 0. The summed E-state index contributed by atoms with van der Waals surface area (Å²) in [4.78, 5) is 9.32. The fraction of sp³-hybridized carbons (Fsp3) is 0.500. The van der Waals surface area contributed by atoms with Crippen molar-refractivity contribution in [1.29, 1.82) is 0 Å². The zero-order valence-electron chi connectivity index (χ0n) is 3.69. The molecular weight excluding hydrogens is 225 g/mol. The van der Waals surface area contributed by atoms with Crippen LogP contribution in [0.25, 0.3) is 0 Å². The molecule has 2 nitrogen and oxygen atoms in total. The summed E-state index contributed by atoms with van der Waals surface area (Å²) in [5.41, 5.74) is 0. The van der Waals surface area contributed by atoms with E-state index in [-0.39, 0.29) is 29.6 Å². The number of carboxylic acids is 1. The van der Waals surface area contributed by atoms with Gasteiger partial charge < -0.3 is 5.11 Å². The Morgan fingerprint density at radius 3 is 2.00 bits per heavy atom. The molecule has 0 bridgehead atoms. The normalized spacial score (nSPS) is 11.7. The van der Waals surface area contributed by atoms with Gasteiger partial charge in [-0.25, -0.2) is 9.18 Å². The second-order valence-electron chi connectivity index (χ2n) is 0.639. The van der Waals surface area contributed by atoms with Gasteiger partial charge in [0, 0.05) is 29.6 Å². The maximum atomic E-state index is 11.2. The SMILES string of the molecule is O=C(O)C(F)I.[Na]. The smallest absolute Gasteiger partial charge is 0.348 e. The predicted octanol–water partition coefficient (Wildman–Crippen LogP) is 0.421. The van der Waals surface area contributed by atoms with Crippen LogP contribution < -0.4 is 0 Å². The van der Waals surface area contributed by atoms with Gasteiger partial charge in [-0.15, -0.1) is 0 Å². The Hall–Kier alpha value is 1.13. The first kappa shape index (κ1) is 11.0. The minimum absolute atomic E-state index is 0. The van der Waals surface area contributed by atoms with Gasteiger partial charge in [0.2, 0.25) is 4.18 Å². The summed E-state index contributed by atoms with van der Waals surface area (Å²) in [5, 5.41) is 7.61. The summed E-state index contributed by atoms with van der Waals surface area (Å²) < 4.78 is 9.45. The summed E-state index contributed by atoms with van der Waals surface area (Å²) in [6, 6.07) is 0. The van der Waals surface area contributed by atoms with Crippen molar-refractivity contribution in [2.24, 2.45) is 0 Å². The molecule has 0 spiro atoms. The molecule has 0 saturated carbocycles. The van der Waals surface area contributed by atoms with Crippen molar-refractivity contribution in [1.82, 2.24) is 0 Å². The molecule has 0 aromatic rings. The van der Waals surface area contributed by atoms with Crippen LogP contribution in [0.4, 0.5) is 4.39 Å². The van der Waals surface area contributed by atoms with E-state index in [9.17, 15) is 9.18 Å². The third kappa shape index (κ3) is 7.13. The monoisotopic (exact) mass is 227 g/mol. The minimum Gasteiger partial charge on any atom is -0.478 e. The minimum atomic E-state index is -1.76. The Bertz CT molecular complexity index is 66.7. The maximum Gasteiger partial charge on any atom is 0.348 e. The molecule has 0 saturated heterocycles. The van der Waals surface area contributed by atoms with E-state index in [1.807, 2.05) is 0 Å². The van der Waals surface area contributed by atoms with Crippen molar-refractivity contribution in [2.45, 2.75) is 4.18 Å².